The van der Waals surface area contributed by atoms with E-state index in [-0.39, 0.29) is 5.56 Å². The van der Waals surface area contributed by atoms with E-state index in [0.29, 0.717) is 5.56 Å². The quantitative estimate of drug-likeness (QED) is 0.714. The Hall–Kier alpha value is -1.09. The van der Waals surface area contributed by atoms with Gasteiger partial charge in [-0.2, -0.15) is 0 Å². The van der Waals surface area contributed by atoms with Gasteiger partial charge in [0.05, 0.1) is 10.4 Å². The van der Waals surface area contributed by atoms with Gasteiger partial charge in [-0.1, -0.05) is 44.6 Å². The van der Waals surface area contributed by atoms with E-state index in [2.05, 4.69) is 13.2 Å². The molecule has 0 saturated heterocycles. The maximum Gasteiger partial charge on any atom is 0.268 e. The fourth-order valence-corrected chi connectivity index (χ4v) is 1.67. The van der Waals surface area contributed by atoms with E-state index < -0.39 is 0 Å². The molecule has 0 bridgehead atoms. The minimum Gasteiger partial charge on any atom is -0.268 e. The fourth-order valence-electron chi connectivity index (χ4n) is 0.848. The lowest BCUT2D eigenvalue weighted by Crippen LogP contribution is -2.10. The van der Waals surface area contributed by atoms with Crippen molar-refractivity contribution in [3.63, 3.8) is 0 Å². The van der Waals surface area contributed by atoms with Crippen molar-refractivity contribution in [2.75, 3.05) is 0 Å². The molecular weight excluding hydrogens is 182 g/mol. The summed E-state index contributed by atoms with van der Waals surface area (Å²) in [6, 6.07) is 0. The van der Waals surface area contributed by atoms with Crippen LogP contribution in [-0.2, 0) is 7.05 Å². The van der Waals surface area contributed by atoms with Gasteiger partial charge in [0, 0.05) is 7.05 Å². The van der Waals surface area contributed by atoms with Crippen molar-refractivity contribution in [1.29, 1.82) is 0 Å². The molecule has 0 saturated carbocycles. The summed E-state index contributed by atoms with van der Waals surface area (Å²) in [6.45, 7) is 11.2. The highest BCUT2D eigenvalue weighted by molar-refractivity contribution is 7.07. The molecule has 0 aromatic carbocycles. The highest BCUT2D eigenvalue weighted by atomic mass is 32.1. The lowest BCUT2D eigenvalue weighted by molar-refractivity contribution is 0.978. The first-order chi connectivity index (χ1) is 6.20. The van der Waals surface area contributed by atoms with Crippen LogP contribution in [0.1, 0.15) is 24.3 Å². The van der Waals surface area contributed by atoms with E-state index in [0.717, 1.165) is 4.88 Å². The average molecular weight is 197 g/mol. The largest absolute Gasteiger partial charge is 0.268 e. The summed E-state index contributed by atoms with van der Waals surface area (Å²) in [6.07, 6.45) is 3.24. The van der Waals surface area contributed by atoms with E-state index in [1.54, 1.807) is 23.2 Å². The van der Waals surface area contributed by atoms with Crippen molar-refractivity contribution < 1.29 is 0 Å². The van der Waals surface area contributed by atoms with Crippen LogP contribution in [0.4, 0.5) is 0 Å². The van der Waals surface area contributed by atoms with Gasteiger partial charge in [0.15, 0.2) is 0 Å². The van der Waals surface area contributed by atoms with E-state index in [4.69, 9.17) is 0 Å². The topological polar surface area (TPSA) is 22.0 Å². The van der Waals surface area contributed by atoms with Gasteiger partial charge in [-0.3, -0.25) is 8.75 Å². The second kappa shape index (κ2) is 5.54. The van der Waals surface area contributed by atoms with Crippen LogP contribution < -0.4 is 5.56 Å². The average Bonchev–Trinajstić information content (AvgIpc) is 2.46. The second-order valence-corrected chi connectivity index (χ2v) is 3.25. The summed E-state index contributed by atoms with van der Waals surface area (Å²) in [5, 5.41) is 0. The standard InChI is InChI=1S/C8H9NOS.C2H6/c1-4-6-7(5-2)11-9(3)8(6)10;1-2/h4-5H,1-2H2,3H3;1-2H3. The summed E-state index contributed by atoms with van der Waals surface area (Å²) >= 11 is 1.38. The number of nitrogens with zero attached hydrogens (tertiary/aromatic N) is 1. The van der Waals surface area contributed by atoms with Crippen LogP contribution in [0.5, 0.6) is 0 Å². The summed E-state index contributed by atoms with van der Waals surface area (Å²) < 4.78 is 1.56. The zero-order chi connectivity index (χ0) is 10.4. The molecule has 1 aromatic heterocycles. The third kappa shape index (κ3) is 2.42. The molecule has 1 aromatic rings. The fraction of sp³-hybridized carbons (Fsp3) is 0.300. The van der Waals surface area contributed by atoms with Crippen molar-refractivity contribution in [1.82, 2.24) is 3.96 Å². The van der Waals surface area contributed by atoms with Crippen LogP contribution >= 0.6 is 11.5 Å². The van der Waals surface area contributed by atoms with E-state index in [9.17, 15) is 4.79 Å². The van der Waals surface area contributed by atoms with Gasteiger partial charge in [0.25, 0.3) is 5.56 Å². The van der Waals surface area contributed by atoms with Crippen molar-refractivity contribution in [3.05, 3.63) is 34.0 Å². The van der Waals surface area contributed by atoms with Gasteiger partial charge >= 0.3 is 0 Å². The second-order valence-electron chi connectivity index (χ2n) is 2.08. The molecule has 0 N–H and O–H groups in total. The van der Waals surface area contributed by atoms with E-state index >= 15 is 0 Å². The van der Waals surface area contributed by atoms with Crippen LogP contribution in [-0.4, -0.2) is 3.96 Å². The summed E-state index contributed by atoms with van der Waals surface area (Å²) in [5.41, 5.74) is 0.646. The van der Waals surface area contributed by atoms with E-state index in [1.807, 2.05) is 13.8 Å². The maximum absolute atomic E-state index is 11.2. The van der Waals surface area contributed by atoms with Crippen LogP contribution in [0.25, 0.3) is 12.2 Å². The Morgan fingerprint density at radius 3 is 2.15 bits per heavy atom. The third-order valence-electron chi connectivity index (χ3n) is 1.41. The Balaban J connectivity index is 0.000000671. The van der Waals surface area contributed by atoms with Gasteiger partial charge in [0.2, 0.25) is 0 Å². The molecule has 72 valence electrons. The molecular formula is C10H15NOS. The van der Waals surface area contributed by atoms with Gasteiger partial charge in [-0.05, 0) is 6.08 Å². The predicted molar refractivity (Wildman–Crippen MR) is 61.1 cm³/mol. The highest BCUT2D eigenvalue weighted by Crippen LogP contribution is 2.13. The lowest BCUT2D eigenvalue weighted by atomic mass is 10.3. The lowest BCUT2D eigenvalue weighted by Gasteiger charge is -1.82. The molecule has 3 heteroatoms. The van der Waals surface area contributed by atoms with Crippen molar-refractivity contribution in [2.45, 2.75) is 13.8 Å². The number of aromatic nitrogens is 1. The maximum atomic E-state index is 11.2. The molecule has 0 aliphatic rings. The SMILES string of the molecule is C=Cc1sn(C)c(=O)c1C=C.CC. The molecule has 0 amide bonds. The first kappa shape index (κ1) is 11.9. The Kier molecular flexibility index (Phi) is 5.07. The van der Waals surface area contributed by atoms with Crippen LogP contribution in [0.15, 0.2) is 18.0 Å². The molecule has 0 aliphatic carbocycles. The molecule has 13 heavy (non-hydrogen) atoms. The van der Waals surface area contributed by atoms with Crippen molar-refractivity contribution in [3.8, 4) is 0 Å². The number of hydrogen-bond donors (Lipinski definition) is 0. The van der Waals surface area contributed by atoms with Gasteiger partial charge in [-0.25, -0.2) is 0 Å². The normalized spacial score (nSPS) is 8.54. The number of aryl methyl sites for hydroxylation is 1. The van der Waals surface area contributed by atoms with Gasteiger partial charge < -0.3 is 0 Å². The highest BCUT2D eigenvalue weighted by Gasteiger charge is 2.05. The summed E-state index contributed by atoms with van der Waals surface area (Å²) in [4.78, 5) is 12.1. The monoisotopic (exact) mass is 197 g/mol. The van der Waals surface area contributed by atoms with Gasteiger partial charge in [-0.15, -0.1) is 0 Å². The minimum absolute atomic E-state index is 0.0000926. The van der Waals surface area contributed by atoms with Crippen LogP contribution in [0.2, 0.25) is 0 Å². The van der Waals surface area contributed by atoms with Gasteiger partial charge in [0.1, 0.15) is 0 Å². The minimum atomic E-state index is -0.0000926. The first-order valence-corrected chi connectivity index (χ1v) is 4.93. The van der Waals surface area contributed by atoms with Crippen LogP contribution in [0, 0.1) is 0 Å². The number of rotatable bonds is 2. The molecule has 0 spiro atoms. The van der Waals surface area contributed by atoms with Crippen molar-refractivity contribution in [2.24, 2.45) is 7.05 Å². The van der Waals surface area contributed by atoms with E-state index in [1.165, 1.54) is 11.5 Å². The molecule has 2 nitrogen and oxygen atoms in total. The molecule has 0 atom stereocenters. The van der Waals surface area contributed by atoms with Crippen molar-refractivity contribution >= 4 is 23.7 Å². The molecule has 0 fully saturated rings. The van der Waals surface area contributed by atoms with Crippen LogP contribution in [0.3, 0.4) is 0 Å². The Labute approximate surface area is 83.0 Å². The number of hydrogen-bond acceptors (Lipinski definition) is 2. The molecule has 0 radical (unpaired) electrons. The molecule has 1 heterocycles. The summed E-state index contributed by atoms with van der Waals surface area (Å²) in [5.74, 6) is 0. The zero-order valence-corrected chi connectivity index (χ0v) is 9.15. The Morgan fingerprint density at radius 1 is 1.31 bits per heavy atom. The molecule has 0 aliphatic heterocycles. The first-order valence-electron chi connectivity index (χ1n) is 4.16. The molecule has 0 unspecified atom stereocenters. The Bertz CT molecular complexity index is 346. The predicted octanol–water partition coefficient (Wildman–Crippen LogP) is 2.76. The molecule has 1 rings (SSSR count). The Morgan fingerprint density at radius 2 is 1.85 bits per heavy atom. The zero-order valence-electron chi connectivity index (χ0n) is 8.33. The summed E-state index contributed by atoms with van der Waals surface area (Å²) in [7, 11) is 1.73. The smallest absolute Gasteiger partial charge is 0.268 e. The third-order valence-corrected chi connectivity index (χ3v) is 2.43.